The Morgan fingerprint density at radius 1 is 1.22 bits per heavy atom. The molecule has 0 aromatic heterocycles. The molecule has 1 heterocycles. The van der Waals surface area contributed by atoms with Crippen LogP contribution in [0.3, 0.4) is 0 Å². The highest BCUT2D eigenvalue weighted by Gasteiger charge is 2.13. The van der Waals surface area contributed by atoms with Crippen molar-refractivity contribution in [3.05, 3.63) is 29.8 Å². The van der Waals surface area contributed by atoms with Gasteiger partial charge in [0.2, 0.25) is 5.91 Å². The van der Waals surface area contributed by atoms with Crippen LogP contribution in [0.5, 0.6) is 0 Å². The van der Waals surface area contributed by atoms with Crippen molar-refractivity contribution in [2.24, 2.45) is 5.73 Å². The van der Waals surface area contributed by atoms with E-state index >= 15 is 0 Å². The summed E-state index contributed by atoms with van der Waals surface area (Å²) < 4.78 is 0. The third kappa shape index (κ3) is 6.53. The fraction of sp³-hybridized carbons (Fsp3) is 0.611. The smallest absolute Gasteiger partial charge is 0.241 e. The van der Waals surface area contributed by atoms with Gasteiger partial charge in [-0.2, -0.15) is 11.8 Å². The van der Waals surface area contributed by atoms with Crippen molar-refractivity contribution in [2.75, 3.05) is 30.4 Å². The average molecular weight is 336 g/mol. The van der Waals surface area contributed by atoms with Gasteiger partial charge in [-0.15, -0.1) is 0 Å². The highest BCUT2D eigenvalue weighted by molar-refractivity contribution is 7.98. The van der Waals surface area contributed by atoms with E-state index in [1.165, 1.54) is 44.3 Å². The number of hydrogen-bond donors (Lipinski definition) is 2. The summed E-state index contributed by atoms with van der Waals surface area (Å²) in [7, 11) is 0. The minimum Gasteiger partial charge on any atom is -0.325 e. The molecule has 23 heavy (non-hydrogen) atoms. The zero-order valence-electron chi connectivity index (χ0n) is 14.1. The molecule has 0 aliphatic carbocycles. The van der Waals surface area contributed by atoms with E-state index in [-0.39, 0.29) is 5.91 Å². The summed E-state index contributed by atoms with van der Waals surface area (Å²) in [6.45, 7) is 3.40. The monoisotopic (exact) mass is 335 g/mol. The zero-order valence-corrected chi connectivity index (χ0v) is 14.9. The predicted molar refractivity (Wildman–Crippen MR) is 99.8 cm³/mol. The molecule has 0 spiro atoms. The molecule has 0 saturated carbocycles. The zero-order chi connectivity index (χ0) is 16.5. The lowest BCUT2D eigenvalue weighted by Gasteiger charge is -2.20. The van der Waals surface area contributed by atoms with Crippen LogP contribution in [0.2, 0.25) is 0 Å². The van der Waals surface area contributed by atoms with Crippen LogP contribution in [0.25, 0.3) is 0 Å². The summed E-state index contributed by atoms with van der Waals surface area (Å²) in [4.78, 5) is 14.5. The minimum absolute atomic E-state index is 0.0979. The van der Waals surface area contributed by atoms with Crippen LogP contribution in [0.1, 0.15) is 37.7 Å². The Hall–Kier alpha value is -1.04. The van der Waals surface area contributed by atoms with E-state index in [2.05, 4.69) is 22.3 Å². The fourth-order valence-electron chi connectivity index (χ4n) is 2.86. The van der Waals surface area contributed by atoms with Gasteiger partial charge in [0.25, 0.3) is 0 Å². The van der Waals surface area contributed by atoms with Crippen LogP contribution in [0, 0.1) is 0 Å². The maximum Gasteiger partial charge on any atom is 0.241 e. The number of carbonyl (C=O) groups is 1. The van der Waals surface area contributed by atoms with Crippen molar-refractivity contribution >= 4 is 23.4 Å². The molecule has 0 radical (unpaired) electrons. The Bertz CT molecular complexity index is 470. The number of amides is 1. The van der Waals surface area contributed by atoms with Crippen molar-refractivity contribution < 1.29 is 4.79 Å². The number of anilines is 1. The number of nitrogens with one attached hydrogen (secondary N) is 1. The van der Waals surface area contributed by atoms with Gasteiger partial charge in [-0.25, -0.2) is 0 Å². The summed E-state index contributed by atoms with van der Waals surface area (Å²) in [6, 6.07) is 7.74. The van der Waals surface area contributed by atoms with E-state index in [0.29, 0.717) is 6.42 Å². The van der Waals surface area contributed by atoms with Crippen LogP contribution in [0.4, 0.5) is 5.69 Å². The van der Waals surface area contributed by atoms with Gasteiger partial charge in [0.05, 0.1) is 6.04 Å². The molecule has 1 aliphatic rings. The summed E-state index contributed by atoms with van der Waals surface area (Å²) in [5.74, 6) is 0.808. The molecule has 1 aromatic rings. The van der Waals surface area contributed by atoms with Crippen LogP contribution in [-0.2, 0) is 11.3 Å². The number of nitrogens with two attached hydrogens (primary N) is 1. The molecule has 3 N–H and O–H groups in total. The summed E-state index contributed by atoms with van der Waals surface area (Å²) in [6.07, 6.45) is 8.06. The molecule has 1 aliphatic heterocycles. The SMILES string of the molecule is CSCC[C@H](N)C(=O)Nc1ccc(CN2CCCCCC2)cc1. The summed E-state index contributed by atoms with van der Waals surface area (Å²) in [5.41, 5.74) is 8.02. The van der Waals surface area contributed by atoms with Gasteiger partial charge < -0.3 is 11.1 Å². The largest absolute Gasteiger partial charge is 0.325 e. The number of rotatable bonds is 7. The quantitative estimate of drug-likeness (QED) is 0.804. The number of nitrogens with zero attached hydrogens (tertiary/aromatic N) is 1. The van der Waals surface area contributed by atoms with Gasteiger partial charge in [0, 0.05) is 12.2 Å². The number of hydrogen-bond acceptors (Lipinski definition) is 4. The number of thioether (sulfide) groups is 1. The Morgan fingerprint density at radius 2 is 1.87 bits per heavy atom. The van der Waals surface area contributed by atoms with Gasteiger partial charge in [-0.1, -0.05) is 25.0 Å². The van der Waals surface area contributed by atoms with E-state index in [1.807, 2.05) is 18.4 Å². The number of likely N-dealkylation sites (tertiary alicyclic amines) is 1. The first-order valence-electron chi connectivity index (χ1n) is 8.55. The van der Waals surface area contributed by atoms with Crippen molar-refractivity contribution in [3.63, 3.8) is 0 Å². The van der Waals surface area contributed by atoms with Crippen molar-refractivity contribution in [2.45, 2.75) is 44.7 Å². The fourth-order valence-corrected chi connectivity index (χ4v) is 3.35. The van der Waals surface area contributed by atoms with E-state index < -0.39 is 6.04 Å². The van der Waals surface area contributed by atoms with Gasteiger partial charge in [-0.3, -0.25) is 9.69 Å². The van der Waals surface area contributed by atoms with Crippen molar-refractivity contribution in [3.8, 4) is 0 Å². The van der Waals surface area contributed by atoms with E-state index in [4.69, 9.17) is 5.73 Å². The van der Waals surface area contributed by atoms with Gasteiger partial charge >= 0.3 is 0 Å². The second-order valence-corrected chi connectivity index (χ2v) is 7.25. The van der Waals surface area contributed by atoms with Crippen LogP contribution >= 0.6 is 11.8 Å². The lowest BCUT2D eigenvalue weighted by atomic mass is 10.1. The molecule has 0 bridgehead atoms. The molecular weight excluding hydrogens is 306 g/mol. The molecule has 1 fully saturated rings. The van der Waals surface area contributed by atoms with Crippen LogP contribution in [-0.4, -0.2) is 41.9 Å². The minimum atomic E-state index is -0.431. The molecule has 2 rings (SSSR count). The maximum absolute atomic E-state index is 12.0. The molecule has 4 nitrogen and oxygen atoms in total. The molecule has 1 amide bonds. The Morgan fingerprint density at radius 3 is 2.48 bits per heavy atom. The summed E-state index contributed by atoms with van der Waals surface area (Å²) >= 11 is 1.71. The van der Waals surface area contributed by atoms with Crippen LogP contribution < -0.4 is 11.1 Å². The van der Waals surface area contributed by atoms with E-state index in [9.17, 15) is 4.79 Å². The molecule has 0 unspecified atom stereocenters. The first kappa shape index (κ1) is 18.3. The third-order valence-corrected chi connectivity index (χ3v) is 4.94. The highest BCUT2D eigenvalue weighted by atomic mass is 32.2. The van der Waals surface area contributed by atoms with Gasteiger partial charge in [-0.05, 0) is 62.1 Å². The number of carbonyl (C=O) groups excluding carboxylic acids is 1. The van der Waals surface area contributed by atoms with Crippen molar-refractivity contribution in [1.82, 2.24) is 4.90 Å². The lowest BCUT2D eigenvalue weighted by molar-refractivity contribution is -0.117. The van der Waals surface area contributed by atoms with Crippen LogP contribution in [0.15, 0.2) is 24.3 Å². The standard InChI is InChI=1S/C18H29N3OS/c1-23-13-10-17(19)18(22)20-16-8-6-15(7-9-16)14-21-11-4-2-3-5-12-21/h6-9,17H,2-5,10-14,19H2,1H3,(H,20,22)/t17-/m0/s1. The highest BCUT2D eigenvalue weighted by Crippen LogP contribution is 2.15. The average Bonchev–Trinajstić information content (AvgIpc) is 2.83. The summed E-state index contributed by atoms with van der Waals surface area (Å²) in [5, 5.41) is 2.90. The van der Waals surface area contributed by atoms with Gasteiger partial charge in [0.15, 0.2) is 0 Å². The topological polar surface area (TPSA) is 58.4 Å². The first-order valence-corrected chi connectivity index (χ1v) is 9.95. The van der Waals surface area contributed by atoms with Gasteiger partial charge in [0.1, 0.15) is 0 Å². The normalized spacial score (nSPS) is 17.5. The Kier molecular flexibility index (Phi) is 7.92. The van der Waals surface area contributed by atoms with Crippen molar-refractivity contribution in [1.29, 1.82) is 0 Å². The first-order chi connectivity index (χ1) is 11.2. The maximum atomic E-state index is 12.0. The second kappa shape index (κ2) is 9.96. The Labute approximate surface area is 144 Å². The van der Waals surface area contributed by atoms with E-state index in [1.54, 1.807) is 11.8 Å². The van der Waals surface area contributed by atoms with E-state index in [0.717, 1.165) is 18.0 Å². The molecule has 1 aromatic carbocycles. The second-order valence-electron chi connectivity index (χ2n) is 6.26. The molecule has 1 saturated heterocycles. The molecular formula is C18H29N3OS. The molecule has 1 atom stereocenters. The Balaban J connectivity index is 1.82. The third-order valence-electron chi connectivity index (χ3n) is 4.30. The lowest BCUT2D eigenvalue weighted by Crippen LogP contribution is -2.36. The molecule has 5 heteroatoms. The molecule has 128 valence electrons. The predicted octanol–water partition coefficient (Wildman–Crippen LogP) is 3.08. The number of benzene rings is 1.